The lowest BCUT2D eigenvalue weighted by Gasteiger charge is -2.28. The molecule has 0 aliphatic carbocycles. The van der Waals surface area contributed by atoms with Gasteiger partial charge in [0.2, 0.25) is 0 Å². The maximum Gasteiger partial charge on any atom is 0.258 e. The number of nitrogens with one attached hydrogen (secondary N) is 1. The SMILES string of the molecule is CSc1nc(N2CCCCC2)c2cnn(CCNC(=O)COc3ccccc3F)c2n1. The minimum absolute atomic E-state index is 0.0576. The van der Waals surface area contributed by atoms with Gasteiger partial charge in [0, 0.05) is 19.6 Å². The van der Waals surface area contributed by atoms with Crippen molar-refractivity contribution in [3.05, 3.63) is 36.3 Å². The van der Waals surface area contributed by atoms with Crippen LogP contribution in [-0.4, -0.2) is 58.2 Å². The first-order chi connectivity index (χ1) is 15.2. The fraction of sp³-hybridized carbons (Fsp3) is 0.429. The highest BCUT2D eigenvalue weighted by atomic mass is 32.2. The number of anilines is 1. The Hall–Kier alpha value is -2.88. The molecule has 0 unspecified atom stereocenters. The number of amides is 1. The molecule has 0 bridgehead atoms. The van der Waals surface area contributed by atoms with E-state index >= 15 is 0 Å². The Balaban J connectivity index is 1.39. The lowest BCUT2D eigenvalue weighted by molar-refractivity contribution is -0.123. The molecule has 3 heterocycles. The van der Waals surface area contributed by atoms with Crippen LogP contribution in [0.3, 0.4) is 0 Å². The Morgan fingerprint density at radius 1 is 1.23 bits per heavy atom. The molecule has 0 saturated carbocycles. The number of aromatic nitrogens is 4. The third-order valence-electron chi connectivity index (χ3n) is 5.13. The van der Waals surface area contributed by atoms with Crippen molar-refractivity contribution in [3.63, 3.8) is 0 Å². The fourth-order valence-electron chi connectivity index (χ4n) is 3.58. The molecular weight excluding hydrogens is 419 g/mol. The summed E-state index contributed by atoms with van der Waals surface area (Å²) >= 11 is 1.50. The fourth-order valence-corrected chi connectivity index (χ4v) is 3.94. The number of hydrogen-bond donors (Lipinski definition) is 1. The maximum atomic E-state index is 13.6. The summed E-state index contributed by atoms with van der Waals surface area (Å²) in [4.78, 5) is 23.7. The molecule has 0 radical (unpaired) electrons. The van der Waals surface area contributed by atoms with E-state index in [-0.39, 0.29) is 18.3 Å². The van der Waals surface area contributed by atoms with Crippen LogP contribution in [0.5, 0.6) is 5.75 Å². The minimum atomic E-state index is -0.493. The Morgan fingerprint density at radius 2 is 2.03 bits per heavy atom. The van der Waals surface area contributed by atoms with Gasteiger partial charge in [-0.05, 0) is 37.7 Å². The molecule has 0 atom stereocenters. The van der Waals surface area contributed by atoms with Gasteiger partial charge in [0.15, 0.2) is 29.0 Å². The summed E-state index contributed by atoms with van der Waals surface area (Å²) < 4.78 is 20.6. The highest BCUT2D eigenvalue weighted by molar-refractivity contribution is 7.98. The molecule has 1 aliphatic heterocycles. The highest BCUT2D eigenvalue weighted by Gasteiger charge is 2.19. The molecule has 1 saturated heterocycles. The molecule has 1 aromatic carbocycles. The molecule has 8 nitrogen and oxygen atoms in total. The molecule has 4 rings (SSSR count). The van der Waals surface area contributed by atoms with Crippen LogP contribution >= 0.6 is 11.8 Å². The van der Waals surface area contributed by atoms with Gasteiger partial charge in [-0.25, -0.2) is 19.0 Å². The first-order valence-corrected chi connectivity index (χ1v) is 11.5. The van der Waals surface area contributed by atoms with Gasteiger partial charge >= 0.3 is 0 Å². The lowest BCUT2D eigenvalue weighted by atomic mass is 10.1. The zero-order valence-corrected chi connectivity index (χ0v) is 18.2. The predicted molar refractivity (Wildman–Crippen MR) is 118 cm³/mol. The number of rotatable bonds is 8. The second-order valence-corrected chi connectivity index (χ2v) is 8.03. The monoisotopic (exact) mass is 444 g/mol. The third kappa shape index (κ3) is 5.07. The van der Waals surface area contributed by atoms with Crippen molar-refractivity contribution in [1.82, 2.24) is 25.1 Å². The van der Waals surface area contributed by atoms with E-state index in [1.54, 1.807) is 23.0 Å². The number of fused-ring (bicyclic) bond motifs is 1. The van der Waals surface area contributed by atoms with Crippen molar-refractivity contribution in [2.75, 3.05) is 37.4 Å². The molecule has 3 aromatic rings. The normalized spacial score (nSPS) is 14.1. The smallest absolute Gasteiger partial charge is 0.258 e. The quantitative estimate of drug-likeness (QED) is 0.422. The molecule has 1 N–H and O–H groups in total. The third-order valence-corrected chi connectivity index (χ3v) is 5.68. The minimum Gasteiger partial charge on any atom is -0.481 e. The van der Waals surface area contributed by atoms with Crippen molar-refractivity contribution in [2.45, 2.75) is 31.0 Å². The van der Waals surface area contributed by atoms with Gasteiger partial charge in [0.05, 0.1) is 18.1 Å². The first kappa shape index (κ1) is 21.4. The second kappa shape index (κ2) is 9.95. The largest absolute Gasteiger partial charge is 0.481 e. The Labute approximate surface area is 184 Å². The average molecular weight is 445 g/mol. The van der Waals surface area contributed by atoms with Gasteiger partial charge in [0.1, 0.15) is 5.82 Å². The number of benzene rings is 1. The first-order valence-electron chi connectivity index (χ1n) is 10.3. The number of nitrogens with zero attached hydrogens (tertiary/aromatic N) is 5. The summed E-state index contributed by atoms with van der Waals surface area (Å²) in [6.07, 6.45) is 7.33. The van der Waals surface area contributed by atoms with Crippen LogP contribution in [-0.2, 0) is 11.3 Å². The summed E-state index contributed by atoms with van der Waals surface area (Å²) in [6, 6.07) is 6.00. The molecule has 1 fully saturated rings. The average Bonchev–Trinajstić information content (AvgIpc) is 3.21. The molecule has 31 heavy (non-hydrogen) atoms. The summed E-state index contributed by atoms with van der Waals surface area (Å²) in [7, 11) is 0. The second-order valence-electron chi connectivity index (χ2n) is 7.26. The van der Waals surface area contributed by atoms with Crippen LogP contribution in [0.25, 0.3) is 11.0 Å². The lowest BCUT2D eigenvalue weighted by Crippen LogP contribution is -2.32. The van der Waals surface area contributed by atoms with Crippen LogP contribution in [0.4, 0.5) is 10.2 Å². The van der Waals surface area contributed by atoms with E-state index in [9.17, 15) is 9.18 Å². The van der Waals surface area contributed by atoms with E-state index in [0.717, 1.165) is 42.8 Å². The van der Waals surface area contributed by atoms with E-state index in [0.29, 0.717) is 18.2 Å². The van der Waals surface area contributed by atoms with E-state index < -0.39 is 5.82 Å². The van der Waals surface area contributed by atoms with Crippen LogP contribution < -0.4 is 15.0 Å². The van der Waals surface area contributed by atoms with E-state index in [2.05, 4.69) is 20.3 Å². The topological polar surface area (TPSA) is 85.2 Å². The van der Waals surface area contributed by atoms with Crippen molar-refractivity contribution >= 4 is 34.5 Å². The van der Waals surface area contributed by atoms with Crippen molar-refractivity contribution in [1.29, 1.82) is 0 Å². The van der Waals surface area contributed by atoms with Crippen molar-refractivity contribution in [3.8, 4) is 5.75 Å². The highest BCUT2D eigenvalue weighted by Crippen LogP contribution is 2.28. The van der Waals surface area contributed by atoms with Gasteiger partial charge in [-0.2, -0.15) is 5.10 Å². The standard InChI is InChI=1S/C21H25FN6O2S/c1-31-21-25-19(27-10-5-2-6-11-27)15-13-24-28(20(15)26-21)12-9-23-18(29)14-30-17-8-4-3-7-16(17)22/h3-4,7-8,13H,2,5-6,9-12,14H2,1H3,(H,23,29). The number of para-hydroxylation sites is 1. The molecule has 2 aromatic heterocycles. The predicted octanol–water partition coefficient (Wildman–Crippen LogP) is 2.87. The number of hydrogen-bond acceptors (Lipinski definition) is 7. The van der Waals surface area contributed by atoms with Gasteiger partial charge in [-0.3, -0.25) is 4.79 Å². The molecule has 10 heteroatoms. The Morgan fingerprint density at radius 3 is 2.81 bits per heavy atom. The van der Waals surface area contributed by atoms with E-state index in [1.165, 1.54) is 30.3 Å². The van der Waals surface area contributed by atoms with Crippen LogP contribution in [0.15, 0.2) is 35.6 Å². The molecule has 1 aliphatic rings. The molecule has 1 amide bonds. The molecular formula is C21H25FN6O2S. The molecule has 0 spiro atoms. The Kier molecular flexibility index (Phi) is 6.86. The zero-order valence-electron chi connectivity index (χ0n) is 17.4. The summed E-state index contributed by atoms with van der Waals surface area (Å²) in [6.45, 7) is 2.54. The van der Waals surface area contributed by atoms with Crippen molar-refractivity contribution < 1.29 is 13.9 Å². The van der Waals surface area contributed by atoms with Gasteiger partial charge in [0.25, 0.3) is 5.91 Å². The number of ether oxygens (including phenoxy) is 1. The number of carbonyl (C=O) groups is 1. The summed E-state index contributed by atoms with van der Waals surface area (Å²) in [5, 5.41) is 8.88. The number of thioether (sulfide) groups is 1. The molecule has 164 valence electrons. The van der Waals surface area contributed by atoms with E-state index in [4.69, 9.17) is 9.72 Å². The summed E-state index contributed by atoms with van der Waals surface area (Å²) in [5.41, 5.74) is 0.761. The maximum absolute atomic E-state index is 13.6. The summed E-state index contributed by atoms with van der Waals surface area (Å²) in [5.74, 6) is 0.171. The van der Waals surface area contributed by atoms with Gasteiger partial charge < -0.3 is 15.0 Å². The van der Waals surface area contributed by atoms with Crippen molar-refractivity contribution in [2.24, 2.45) is 0 Å². The van der Waals surface area contributed by atoms with E-state index in [1.807, 2.05) is 6.26 Å². The van der Waals surface area contributed by atoms with Gasteiger partial charge in [-0.15, -0.1) is 0 Å². The van der Waals surface area contributed by atoms with Crippen LogP contribution in [0, 0.1) is 5.82 Å². The number of carbonyl (C=O) groups excluding carboxylic acids is 1. The van der Waals surface area contributed by atoms with Gasteiger partial charge in [-0.1, -0.05) is 23.9 Å². The van der Waals surface area contributed by atoms with Crippen LogP contribution in [0.1, 0.15) is 19.3 Å². The van der Waals surface area contributed by atoms with Crippen LogP contribution in [0.2, 0.25) is 0 Å². The Bertz CT molecular complexity index is 1050. The number of piperidine rings is 1. The number of halogens is 1. The zero-order chi connectivity index (χ0) is 21.6.